The Morgan fingerprint density at radius 3 is 1.91 bits per heavy atom. The summed E-state index contributed by atoms with van der Waals surface area (Å²) in [6.45, 7) is 16.2. The molecule has 0 unspecified atom stereocenters. The molecular weight excluding hydrogens is 600 g/mol. The molecule has 5 aliphatic rings. The van der Waals surface area contributed by atoms with Crippen LogP contribution in [0, 0.1) is 28.6 Å². The van der Waals surface area contributed by atoms with Gasteiger partial charge >= 0.3 is 29.8 Å². The van der Waals surface area contributed by atoms with E-state index in [1.165, 1.54) is 13.8 Å². The first-order chi connectivity index (χ1) is 21.3. The molecule has 10 atom stereocenters. The summed E-state index contributed by atoms with van der Waals surface area (Å²) in [5, 5.41) is 0. The van der Waals surface area contributed by atoms with Crippen molar-refractivity contribution in [1.82, 2.24) is 0 Å². The molecule has 46 heavy (non-hydrogen) atoms. The summed E-state index contributed by atoms with van der Waals surface area (Å²) in [5.74, 6) is -3.20. The highest BCUT2D eigenvalue weighted by Gasteiger charge is 2.83. The van der Waals surface area contributed by atoms with Gasteiger partial charge in [0.25, 0.3) is 0 Å². The molecule has 258 valence electrons. The summed E-state index contributed by atoms with van der Waals surface area (Å²) >= 11 is 0. The molecule has 0 aromatic carbocycles. The lowest BCUT2D eigenvalue weighted by Crippen LogP contribution is -2.82. The van der Waals surface area contributed by atoms with Crippen LogP contribution in [0.4, 0.5) is 0 Å². The lowest BCUT2D eigenvalue weighted by atomic mass is 9.39. The van der Waals surface area contributed by atoms with Crippen molar-refractivity contribution in [1.29, 1.82) is 0 Å². The molecule has 2 spiro atoms. The molecule has 0 aromatic rings. The number of ether oxygens (including phenoxy) is 7. The van der Waals surface area contributed by atoms with Crippen molar-refractivity contribution < 1.29 is 57.1 Å². The van der Waals surface area contributed by atoms with Crippen LogP contribution >= 0.6 is 0 Å². The molecule has 5 rings (SSSR count). The number of cyclic esters (lactones) is 1. The van der Waals surface area contributed by atoms with Gasteiger partial charge in [0, 0.05) is 49.9 Å². The Balaban J connectivity index is 1.73. The molecule has 2 saturated carbocycles. The Kier molecular flexibility index (Phi) is 8.84. The Morgan fingerprint density at radius 1 is 0.826 bits per heavy atom. The van der Waals surface area contributed by atoms with Crippen molar-refractivity contribution in [3.63, 3.8) is 0 Å². The van der Waals surface area contributed by atoms with Crippen LogP contribution in [0.3, 0.4) is 0 Å². The first kappa shape index (κ1) is 34.6. The van der Waals surface area contributed by atoms with E-state index in [0.29, 0.717) is 19.4 Å². The normalized spacial score (nSPS) is 42.7. The van der Waals surface area contributed by atoms with Crippen molar-refractivity contribution >= 4 is 29.8 Å². The quantitative estimate of drug-likeness (QED) is 0.213. The maximum Gasteiger partial charge on any atom is 0.309 e. The van der Waals surface area contributed by atoms with Crippen LogP contribution in [0.25, 0.3) is 0 Å². The fourth-order valence-electron chi connectivity index (χ4n) is 9.26. The summed E-state index contributed by atoms with van der Waals surface area (Å²) < 4.78 is 43.6. The molecular formula is C34H50O12. The third-order valence-corrected chi connectivity index (χ3v) is 11.4. The Bertz CT molecular complexity index is 1270. The van der Waals surface area contributed by atoms with Gasteiger partial charge in [-0.2, -0.15) is 0 Å². The first-order valence-electron chi connectivity index (χ1n) is 16.6. The summed E-state index contributed by atoms with van der Waals surface area (Å²) in [6, 6.07) is 0. The average molecular weight is 651 g/mol. The number of carbonyl (C=O) groups excluding carboxylic acids is 5. The molecule has 0 radical (unpaired) electrons. The van der Waals surface area contributed by atoms with E-state index in [-0.39, 0.29) is 50.1 Å². The summed E-state index contributed by atoms with van der Waals surface area (Å²) in [4.78, 5) is 65.1. The van der Waals surface area contributed by atoms with Gasteiger partial charge < -0.3 is 33.2 Å². The molecule has 0 bridgehead atoms. The van der Waals surface area contributed by atoms with Crippen molar-refractivity contribution in [3.05, 3.63) is 0 Å². The number of esters is 5. The predicted molar refractivity (Wildman–Crippen MR) is 160 cm³/mol. The molecule has 0 aromatic heterocycles. The van der Waals surface area contributed by atoms with Gasteiger partial charge in [-0.15, -0.1) is 0 Å². The monoisotopic (exact) mass is 650 g/mol. The zero-order valence-electron chi connectivity index (χ0n) is 28.6. The number of hydrogen-bond acceptors (Lipinski definition) is 12. The lowest BCUT2D eigenvalue weighted by molar-refractivity contribution is -0.380. The third-order valence-electron chi connectivity index (χ3n) is 11.4. The Hall–Kier alpha value is -2.73. The summed E-state index contributed by atoms with van der Waals surface area (Å²) in [5.41, 5.74) is -5.60. The highest BCUT2D eigenvalue weighted by Crippen LogP contribution is 2.73. The van der Waals surface area contributed by atoms with Gasteiger partial charge in [0.1, 0.15) is 24.4 Å². The summed E-state index contributed by atoms with van der Waals surface area (Å²) in [7, 11) is 0. The second-order valence-corrected chi connectivity index (χ2v) is 15.6. The molecule has 3 heterocycles. The van der Waals surface area contributed by atoms with Crippen LogP contribution in [0.2, 0.25) is 0 Å². The van der Waals surface area contributed by atoms with Gasteiger partial charge in [-0.25, -0.2) is 0 Å². The summed E-state index contributed by atoms with van der Waals surface area (Å²) in [6.07, 6.45) is -2.65. The minimum Gasteiger partial charge on any atom is -0.462 e. The molecule has 12 nitrogen and oxygen atoms in total. The van der Waals surface area contributed by atoms with Crippen LogP contribution in [0.15, 0.2) is 0 Å². The molecule has 12 heteroatoms. The predicted octanol–water partition coefficient (Wildman–Crippen LogP) is 3.84. The molecule has 2 aliphatic carbocycles. The van der Waals surface area contributed by atoms with E-state index >= 15 is 0 Å². The standard InChI is InChI=1S/C34H50O12/c1-18(2)12-24(37)44-22-10-11-34(17-41-34)31(8)23(42-20(5)35)14-30(7)32(9,27(22)31)28(43-21(6)36)29(45-25(38)13-19(3)4)33(46-30)15-26(39)40-16-33/h18-19,22-23,27-29H,10-17H2,1-9H3/t22-,23+,27+,28+,29+,30+,31-,32+,33-,34+/m1/s1. The Morgan fingerprint density at radius 2 is 1.41 bits per heavy atom. The maximum atomic E-state index is 13.4. The SMILES string of the molecule is CC(=O)O[C@H]1C[C@]2(C)O[C@]3(COC(=O)C3)[C@@H](OC(=O)CC(C)C)[C@H](OC(C)=O)[C@]2(C)[C@H]2[C@H](OC(=O)CC(C)C)CC[C@]3(CO3)[C@]12C. The van der Waals surface area contributed by atoms with E-state index in [1.807, 2.05) is 48.5 Å². The van der Waals surface area contributed by atoms with Gasteiger partial charge in [-0.1, -0.05) is 41.5 Å². The van der Waals surface area contributed by atoms with Gasteiger partial charge in [-0.05, 0) is 31.6 Å². The molecule has 0 N–H and O–H groups in total. The highest BCUT2D eigenvalue weighted by atomic mass is 16.7. The van der Waals surface area contributed by atoms with Crippen LogP contribution in [-0.2, 0) is 57.1 Å². The Labute approximate surface area is 270 Å². The number of fused-ring (bicyclic) bond motifs is 4. The van der Waals surface area contributed by atoms with Gasteiger partial charge in [0.05, 0.1) is 18.6 Å². The van der Waals surface area contributed by atoms with Crippen LogP contribution < -0.4 is 0 Å². The minimum atomic E-state index is -1.49. The maximum absolute atomic E-state index is 13.4. The molecule has 5 fully saturated rings. The van der Waals surface area contributed by atoms with E-state index in [0.717, 1.165) is 0 Å². The third kappa shape index (κ3) is 5.50. The van der Waals surface area contributed by atoms with Crippen molar-refractivity contribution in [2.75, 3.05) is 13.2 Å². The van der Waals surface area contributed by atoms with Crippen LogP contribution in [-0.4, -0.2) is 84.3 Å². The van der Waals surface area contributed by atoms with Gasteiger partial charge in [0.2, 0.25) is 0 Å². The van der Waals surface area contributed by atoms with E-state index < -0.39 is 81.8 Å². The van der Waals surface area contributed by atoms with Gasteiger partial charge in [-0.3, -0.25) is 24.0 Å². The number of rotatable bonds is 8. The second-order valence-electron chi connectivity index (χ2n) is 15.6. The number of carbonyl (C=O) groups is 5. The van der Waals surface area contributed by atoms with Crippen molar-refractivity contribution in [2.24, 2.45) is 28.6 Å². The zero-order chi connectivity index (χ0) is 34.0. The van der Waals surface area contributed by atoms with Crippen molar-refractivity contribution in [3.8, 4) is 0 Å². The molecule has 3 aliphatic heterocycles. The molecule has 0 amide bonds. The van der Waals surface area contributed by atoms with Crippen molar-refractivity contribution in [2.45, 2.75) is 142 Å². The fraction of sp³-hybridized carbons (Fsp3) is 0.853. The highest BCUT2D eigenvalue weighted by molar-refractivity contribution is 5.75. The van der Waals surface area contributed by atoms with Crippen LogP contribution in [0.5, 0.6) is 0 Å². The van der Waals surface area contributed by atoms with E-state index in [4.69, 9.17) is 33.2 Å². The van der Waals surface area contributed by atoms with Crippen LogP contribution in [0.1, 0.15) is 101 Å². The smallest absolute Gasteiger partial charge is 0.309 e. The second kappa shape index (κ2) is 11.8. The van der Waals surface area contributed by atoms with E-state index in [9.17, 15) is 24.0 Å². The lowest BCUT2D eigenvalue weighted by Gasteiger charge is -2.71. The zero-order valence-corrected chi connectivity index (χ0v) is 28.6. The fourth-order valence-corrected chi connectivity index (χ4v) is 9.26. The number of hydrogen-bond donors (Lipinski definition) is 0. The molecule has 3 saturated heterocycles. The topological polar surface area (TPSA) is 153 Å². The largest absolute Gasteiger partial charge is 0.462 e. The van der Waals surface area contributed by atoms with E-state index in [1.54, 1.807) is 0 Å². The number of epoxide rings is 1. The average Bonchev–Trinajstić information content (AvgIpc) is 3.61. The minimum absolute atomic E-state index is 0.0279. The first-order valence-corrected chi connectivity index (χ1v) is 16.6. The van der Waals surface area contributed by atoms with E-state index in [2.05, 4.69) is 0 Å². The van der Waals surface area contributed by atoms with Gasteiger partial charge in [0.15, 0.2) is 17.8 Å².